The largest absolute Gasteiger partial charge is 0.324 e. The van der Waals surface area contributed by atoms with E-state index in [0.717, 1.165) is 12.8 Å². The fraction of sp³-hybridized carbons (Fsp3) is 0.467. The van der Waals surface area contributed by atoms with Crippen LogP contribution in [-0.2, 0) is 6.42 Å². The molecule has 1 nitrogen and oxygen atoms in total. The normalized spacial score (nSPS) is 21.4. The first-order chi connectivity index (χ1) is 7.75. The second-order valence-electron chi connectivity index (χ2n) is 4.84. The van der Waals surface area contributed by atoms with Crippen LogP contribution in [-0.4, -0.2) is 6.04 Å². The van der Waals surface area contributed by atoms with Crippen LogP contribution in [0.5, 0.6) is 0 Å². The third-order valence-electron chi connectivity index (χ3n) is 3.41. The summed E-state index contributed by atoms with van der Waals surface area (Å²) in [7, 11) is 0. The minimum Gasteiger partial charge on any atom is -0.324 e. The van der Waals surface area contributed by atoms with Crippen molar-refractivity contribution in [3.05, 3.63) is 47.0 Å². The van der Waals surface area contributed by atoms with Crippen LogP contribution in [0.2, 0.25) is 0 Å². The summed E-state index contributed by atoms with van der Waals surface area (Å²) in [6.07, 6.45) is 8.32. The smallest absolute Gasteiger partial charge is 0.0226 e. The molecule has 1 aromatic rings. The number of rotatable bonds is 2. The zero-order chi connectivity index (χ0) is 11.4. The van der Waals surface area contributed by atoms with Crippen LogP contribution in [0.15, 0.2) is 35.9 Å². The highest BCUT2D eigenvalue weighted by molar-refractivity contribution is 5.30. The second-order valence-corrected chi connectivity index (χ2v) is 4.84. The minimum absolute atomic E-state index is 0.279. The van der Waals surface area contributed by atoms with Crippen molar-refractivity contribution in [3.8, 4) is 0 Å². The lowest BCUT2D eigenvalue weighted by Crippen LogP contribution is -2.16. The number of benzene rings is 1. The topological polar surface area (TPSA) is 26.0 Å². The molecule has 0 bridgehead atoms. The Kier molecular flexibility index (Phi) is 3.79. The van der Waals surface area contributed by atoms with Gasteiger partial charge in [0.2, 0.25) is 0 Å². The average Bonchev–Trinajstić information content (AvgIpc) is 2.46. The maximum absolute atomic E-state index is 6.04. The molecule has 0 radical (unpaired) electrons. The molecule has 1 aliphatic rings. The summed E-state index contributed by atoms with van der Waals surface area (Å²) in [5.74, 6) is 0. The number of allylic oxidation sites excluding steroid dienone is 1. The van der Waals surface area contributed by atoms with E-state index in [4.69, 9.17) is 5.73 Å². The van der Waals surface area contributed by atoms with Gasteiger partial charge in [-0.3, -0.25) is 0 Å². The molecule has 1 heteroatoms. The van der Waals surface area contributed by atoms with Gasteiger partial charge in [-0.25, -0.2) is 0 Å². The molecule has 0 amide bonds. The van der Waals surface area contributed by atoms with E-state index in [1.54, 1.807) is 0 Å². The van der Waals surface area contributed by atoms with E-state index in [-0.39, 0.29) is 6.04 Å². The highest BCUT2D eigenvalue weighted by atomic mass is 14.6. The van der Waals surface area contributed by atoms with Gasteiger partial charge in [0.1, 0.15) is 0 Å². The maximum atomic E-state index is 6.04. The Morgan fingerprint density at radius 3 is 2.88 bits per heavy atom. The first-order valence-corrected chi connectivity index (χ1v) is 6.25. The molecule has 1 aliphatic carbocycles. The Labute approximate surface area is 98.4 Å². The first kappa shape index (κ1) is 11.4. The molecule has 2 N–H and O–H groups in total. The number of nitrogens with two attached hydrogens (primary N) is 1. The molecule has 1 aromatic carbocycles. The molecule has 1 unspecified atom stereocenters. The zero-order valence-electron chi connectivity index (χ0n) is 10.1. The summed E-state index contributed by atoms with van der Waals surface area (Å²) < 4.78 is 0. The molecule has 0 saturated carbocycles. The van der Waals surface area contributed by atoms with Crippen molar-refractivity contribution < 1.29 is 0 Å². The minimum atomic E-state index is 0.279. The average molecular weight is 215 g/mol. The molecule has 1 atom stereocenters. The summed E-state index contributed by atoms with van der Waals surface area (Å²) in [4.78, 5) is 0. The van der Waals surface area contributed by atoms with Gasteiger partial charge in [0.25, 0.3) is 0 Å². The van der Waals surface area contributed by atoms with E-state index in [0.29, 0.717) is 0 Å². The van der Waals surface area contributed by atoms with Crippen molar-refractivity contribution in [2.75, 3.05) is 0 Å². The molecule has 0 aliphatic heterocycles. The fourth-order valence-electron chi connectivity index (χ4n) is 2.40. The molecular weight excluding hydrogens is 194 g/mol. The second kappa shape index (κ2) is 5.31. The Hall–Kier alpha value is -1.08. The summed E-state index contributed by atoms with van der Waals surface area (Å²) >= 11 is 0. The van der Waals surface area contributed by atoms with Crippen molar-refractivity contribution in [1.29, 1.82) is 0 Å². The lowest BCUT2D eigenvalue weighted by atomic mass is 9.97. The van der Waals surface area contributed by atoms with Crippen molar-refractivity contribution in [1.82, 2.24) is 0 Å². The van der Waals surface area contributed by atoms with Gasteiger partial charge in [-0.05, 0) is 43.7 Å². The number of hydrogen-bond donors (Lipinski definition) is 1. The molecule has 0 spiro atoms. The Balaban J connectivity index is 2.11. The quantitative estimate of drug-likeness (QED) is 0.752. The van der Waals surface area contributed by atoms with E-state index in [2.05, 4.69) is 37.3 Å². The third kappa shape index (κ3) is 2.96. The summed E-state index contributed by atoms with van der Waals surface area (Å²) in [6.45, 7) is 2.19. The molecule has 0 saturated heterocycles. The number of hydrogen-bond acceptors (Lipinski definition) is 1. The summed E-state index contributed by atoms with van der Waals surface area (Å²) in [5, 5.41) is 0. The van der Waals surface area contributed by atoms with Gasteiger partial charge in [-0.15, -0.1) is 0 Å². The predicted molar refractivity (Wildman–Crippen MR) is 69.4 cm³/mol. The SMILES string of the molecule is Cc1ccccc1CC1=CC(N)CCCC1. The molecule has 0 heterocycles. The molecule has 16 heavy (non-hydrogen) atoms. The molecule has 0 aromatic heterocycles. The van der Waals surface area contributed by atoms with E-state index >= 15 is 0 Å². The van der Waals surface area contributed by atoms with Crippen molar-refractivity contribution in [2.24, 2.45) is 5.73 Å². The lowest BCUT2D eigenvalue weighted by molar-refractivity contribution is 0.654. The summed E-state index contributed by atoms with van der Waals surface area (Å²) in [5.41, 5.74) is 10.4. The van der Waals surface area contributed by atoms with Crippen LogP contribution in [0.25, 0.3) is 0 Å². The van der Waals surface area contributed by atoms with E-state index in [1.807, 2.05) is 0 Å². The van der Waals surface area contributed by atoms with Gasteiger partial charge in [0.05, 0.1) is 0 Å². The van der Waals surface area contributed by atoms with Crippen molar-refractivity contribution >= 4 is 0 Å². The highest BCUT2D eigenvalue weighted by Crippen LogP contribution is 2.21. The molecule has 86 valence electrons. The Morgan fingerprint density at radius 1 is 1.25 bits per heavy atom. The van der Waals surface area contributed by atoms with Gasteiger partial charge in [0.15, 0.2) is 0 Å². The maximum Gasteiger partial charge on any atom is 0.0226 e. The monoisotopic (exact) mass is 215 g/mol. The summed E-state index contributed by atoms with van der Waals surface area (Å²) in [6, 6.07) is 8.92. The van der Waals surface area contributed by atoms with Crippen molar-refractivity contribution in [3.63, 3.8) is 0 Å². The van der Waals surface area contributed by atoms with Gasteiger partial charge < -0.3 is 5.73 Å². The van der Waals surface area contributed by atoms with Gasteiger partial charge in [-0.1, -0.05) is 42.3 Å². The fourth-order valence-corrected chi connectivity index (χ4v) is 2.40. The zero-order valence-corrected chi connectivity index (χ0v) is 10.1. The van der Waals surface area contributed by atoms with Gasteiger partial charge >= 0.3 is 0 Å². The molecule has 0 fully saturated rings. The molecular formula is C15H21N. The third-order valence-corrected chi connectivity index (χ3v) is 3.41. The lowest BCUT2D eigenvalue weighted by Gasteiger charge is -2.09. The van der Waals surface area contributed by atoms with E-state index < -0.39 is 0 Å². The molecule has 2 rings (SSSR count). The van der Waals surface area contributed by atoms with E-state index in [9.17, 15) is 0 Å². The van der Waals surface area contributed by atoms with Crippen LogP contribution < -0.4 is 5.73 Å². The number of aryl methyl sites for hydroxylation is 1. The van der Waals surface area contributed by atoms with Gasteiger partial charge in [0, 0.05) is 6.04 Å². The van der Waals surface area contributed by atoms with Crippen LogP contribution in [0.1, 0.15) is 36.8 Å². The first-order valence-electron chi connectivity index (χ1n) is 6.25. The van der Waals surface area contributed by atoms with Crippen LogP contribution in [0.4, 0.5) is 0 Å². The van der Waals surface area contributed by atoms with Crippen LogP contribution >= 0.6 is 0 Å². The van der Waals surface area contributed by atoms with Crippen LogP contribution in [0.3, 0.4) is 0 Å². The van der Waals surface area contributed by atoms with Gasteiger partial charge in [-0.2, -0.15) is 0 Å². The predicted octanol–water partition coefficient (Wildman–Crippen LogP) is 3.37. The van der Waals surface area contributed by atoms with Crippen LogP contribution in [0, 0.1) is 6.92 Å². The van der Waals surface area contributed by atoms with E-state index in [1.165, 1.54) is 36.0 Å². The standard InChI is InChI=1S/C15H21N/c1-12-6-2-4-8-14(12)10-13-7-3-5-9-15(16)11-13/h2,4,6,8,11,15H,3,5,7,9-10,16H2,1H3. The highest BCUT2D eigenvalue weighted by Gasteiger charge is 2.09. The Morgan fingerprint density at radius 2 is 2.06 bits per heavy atom. The Bertz CT molecular complexity index is 379. The van der Waals surface area contributed by atoms with Crippen molar-refractivity contribution in [2.45, 2.75) is 45.1 Å².